The number of anilines is 1. The number of nitrogens with zero attached hydrogens (tertiary/aromatic N) is 3. The average molecular weight is 513 g/mol. The normalized spacial score (nSPS) is 25.3. The van der Waals surface area contributed by atoms with Gasteiger partial charge in [0.1, 0.15) is 17.2 Å². The summed E-state index contributed by atoms with van der Waals surface area (Å²) in [4.78, 5) is 2.48. The van der Waals surface area contributed by atoms with Crippen molar-refractivity contribution in [1.29, 1.82) is 0 Å². The van der Waals surface area contributed by atoms with Gasteiger partial charge in [-0.25, -0.2) is 8.78 Å². The Balaban J connectivity index is 1.28. The van der Waals surface area contributed by atoms with Crippen molar-refractivity contribution in [3.63, 3.8) is 0 Å². The number of ether oxygens (including phenoxy) is 1. The van der Waals surface area contributed by atoms with E-state index in [0.29, 0.717) is 23.8 Å². The van der Waals surface area contributed by atoms with Crippen molar-refractivity contribution in [3.05, 3.63) is 41.0 Å². The third-order valence-corrected chi connectivity index (χ3v) is 7.71. The standard InChI is InChI=1S/C25H29F5N4O2/c26-21-8-19(22(27)7-17(21)13-35)23-9-20(25(28,29)30)24(33-32-23)31-18-5-15-11-34(12-16(15)6-18)10-14-1-3-36-4-2-14/h7-9,14-16,18,35H,1-6,10-13H2,(H,31,33)/t15-,16+,18?. The minimum absolute atomic E-state index is 0.163. The molecule has 6 nitrogen and oxygen atoms in total. The van der Waals surface area contributed by atoms with E-state index in [-0.39, 0.29) is 11.6 Å². The number of alkyl halides is 3. The molecule has 1 aliphatic carbocycles. The fraction of sp³-hybridized carbons (Fsp3) is 0.600. The number of aromatic nitrogens is 2. The Hall–Kier alpha value is -2.37. The number of likely N-dealkylation sites (tertiary alicyclic amines) is 1. The van der Waals surface area contributed by atoms with E-state index < -0.39 is 47.1 Å². The van der Waals surface area contributed by atoms with Gasteiger partial charge in [0.25, 0.3) is 0 Å². The lowest BCUT2D eigenvalue weighted by Crippen LogP contribution is -2.32. The minimum atomic E-state index is -4.76. The lowest BCUT2D eigenvalue weighted by atomic mass is 10.00. The highest BCUT2D eigenvalue weighted by atomic mass is 19.4. The van der Waals surface area contributed by atoms with Gasteiger partial charge < -0.3 is 20.1 Å². The number of aliphatic hydroxyl groups excluding tert-OH is 1. The molecule has 1 aromatic heterocycles. The van der Waals surface area contributed by atoms with Crippen molar-refractivity contribution in [2.45, 2.75) is 44.5 Å². The van der Waals surface area contributed by atoms with Crippen molar-refractivity contribution >= 4 is 5.82 Å². The molecule has 36 heavy (non-hydrogen) atoms. The fourth-order valence-electron chi connectivity index (χ4n) is 5.90. The van der Waals surface area contributed by atoms with Crippen LogP contribution in [0, 0.1) is 29.4 Å². The van der Waals surface area contributed by atoms with E-state index in [1.807, 2.05) is 0 Å². The summed E-state index contributed by atoms with van der Waals surface area (Å²) in [6, 6.07) is 2.00. The highest BCUT2D eigenvalue weighted by molar-refractivity contribution is 5.63. The SMILES string of the molecule is OCc1cc(F)c(-c2cc(C(F)(F)F)c(NC3C[C@@H]4CN(CC5CCOCC5)C[C@@H]4C3)nn2)cc1F. The monoisotopic (exact) mass is 512 g/mol. The first-order chi connectivity index (χ1) is 17.2. The first-order valence-electron chi connectivity index (χ1n) is 12.3. The van der Waals surface area contributed by atoms with Gasteiger partial charge in [0.2, 0.25) is 0 Å². The van der Waals surface area contributed by atoms with Crippen LogP contribution >= 0.6 is 0 Å². The molecule has 2 aliphatic heterocycles. The van der Waals surface area contributed by atoms with E-state index in [1.165, 1.54) is 0 Å². The Bertz CT molecular complexity index is 1080. The molecule has 11 heteroatoms. The maximum atomic E-state index is 14.4. The second-order valence-electron chi connectivity index (χ2n) is 10.2. The molecule has 5 rings (SSSR count). The number of rotatable bonds is 6. The summed E-state index contributed by atoms with van der Waals surface area (Å²) in [5, 5.41) is 19.5. The molecule has 3 atom stereocenters. The Labute approximate surface area is 205 Å². The van der Waals surface area contributed by atoms with Gasteiger partial charge in [-0.15, -0.1) is 10.2 Å². The lowest BCUT2D eigenvalue weighted by molar-refractivity contribution is -0.137. The van der Waals surface area contributed by atoms with E-state index in [4.69, 9.17) is 9.84 Å². The molecule has 2 saturated heterocycles. The van der Waals surface area contributed by atoms with Crippen molar-refractivity contribution in [2.75, 3.05) is 38.2 Å². The van der Waals surface area contributed by atoms with Crippen LogP contribution in [0.1, 0.15) is 36.8 Å². The van der Waals surface area contributed by atoms with Gasteiger partial charge >= 0.3 is 6.18 Å². The van der Waals surface area contributed by atoms with Gasteiger partial charge in [-0.05, 0) is 61.6 Å². The van der Waals surface area contributed by atoms with Crippen LogP contribution in [-0.2, 0) is 17.5 Å². The fourth-order valence-corrected chi connectivity index (χ4v) is 5.90. The number of aliphatic hydroxyl groups is 1. The average Bonchev–Trinajstić information content (AvgIpc) is 3.38. The summed E-state index contributed by atoms with van der Waals surface area (Å²) in [6.45, 7) is 3.85. The van der Waals surface area contributed by atoms with E-state index in [1.54, 1.807) is 0 Å². The topological polar surface area (TPSA) is 70.5 Å². The van der Waals surface area contributed by atoms with Crippen molar-refractivity contribution < 1.29 is 31.8 Å². The molecular formula is C25H29F5N4O2. The molecule has 2 aromatic rings. The third kappa shape index (κ3) is 5.33. The molecule has 196 valence electrons. The molecule has 0 amide bonds. The number of fused-ring (bicyclic) bond motifs is 1. The maximum Gasteiger partial charge on any atom is 0.420 e. The third-order valence-electron chi connectivity index (χ3n) is 7.71. The zero-order valence-corrected chi connectivity index (χ0v) is 19.7. The zero-order valence-electron chi connectivity index (χ0n) is 19.7. The molecular weight excluding hydrogens is 483 g/mol. The van der Waals surface area contributed by atoms with Crippen molar-refractivity contribution in [2.24, 2.45) is 17.8 Å². The number of nitrogens with one attached hydrogen (secondary N) is 1. The predicted molar refractivity (Wildman–Crippen MR) is 122 cm³/mol. The van der Waals surface area contributed by atoms with Gasteiger partial charge in [-0.3, -0.25) is 0 Å². The summed E-state index contributed by atoms with van der Waals surface area (Å²) in [7, 11) is 0. The lowest BCUT2D eigenvalue weighted by Gasteiger charge is -2.28. The first kappa shape index (κ1) is 25.3. The zero-order chi connectivity index (χ0) is 25.4. The largest absolute Gasteiger partial charge is 0.420 e. The first-order valence-corrected chi connectivity index (χ1v) is 12.3. The van der Waals surface area contributed by atoms with Crippen molar-refractivity contribution in [3.8, 4) is 11.3 Å². The molecule has 1 saturated carbocycles. The van der Waals surface area contributed by atoms with Gasteiger partial charge in [0.05, 0.1) is 12.3 Å². The molecule has 3 fully saturated rings. The Morgan fingerprint density at radius 1 is 1.00 bits per heavy atom. The number of hydrogen-bond donors (Lipinski definition) is 2. The van der Waals surface area contributed by atoms with E-state index >= 15 is 0 Å². The van der Waals surface area contributed by atoms with Gasteiger partial charge in [0.15, 0.2) is 5.82 Å². The maximum absolute atomic E-state index is 14.4. The molecule has 1 unspecified atom stereocenters. The second kappa shape index (κ2) is 10.2. The van der Waals surface area contributed by atoms with Crippen LogP contribution in [0.3, 0.4) is 0 Å². The summed E-state index contributed by atoms with van der Waals surface area (Å²) in [5.74, 6) is -0.833. The second-order valence-corrected chi connectivity index (χ2v) is 10.2. The van der Waals surface area contributed by atoms with Crippen LogP contribution in [-0.4, -0.2) is 59.1 Å². The Morgan fingerprint density at radius 3 is 2.33 bits per heavy atom. The Kier molecular flexibility index (Phi) is 7.15. The molecule has 0 spiro atoms. The molecule has 3 aliphatic rings. The molecule has 3 heterocycles. The quantitative estimate of drug-likeness (QED) is 0.557. The smallest absolute Gasteiger partial charge is 0.392 e. The van der Waals surface area contributed by atoms with Crippen molar-refractivity contribution in [1.82, 2.24) is 15.1 Å². The summed E-state index contributed by atoms with van der Waals surface area (Å²) < 4.78 is 75.6. The van der Waals surface area contributed by atoms with Crippen LogP contribution in [0.2, 0.25) is 0 Å². The molecule has 0 bridgehead atoms. The van der Waals surface area contributed by atoms with Crippen LogP contribution in [0.5, 0.6) is 0 Å². The minimum Gasteiger partial charge on any atom is -0.392 e. The number of hydrogen-bond acceptors (Lipinski definition) is 6. The van der Waals surface area contributed by atoms with Crippen LogP contribution < -0.4 is 5.32 Å². The Morgan fingerprint density at radius 2 is 1.69 bits per heavy atom. The molecule has 2 N–H and O–H groups in total. The molecule has 1 aromatic carbocycles. The van der Waals surface area contributed by atoms with Crippen LogP contribution in [0.4, 0.5) is 27.8 Å². The highest BCUT2D eigenvalue weighted by Crippen LogP contribution is 2.42. The van der Waals surface area contributed by atoms with Crippen LogP contribution in [0.25, 0.3) is 11.3 Å². The van der Waals surface area contributed by atoms with Gasteiger partial charge in [0, 0.05) is 50.0 Å². The number of benzene rings is 1. The van der Waals surface area contributed by atoms with E-state index in [2.05, 4.69) is 20.4 Å². The highest BCUT2D eigenvalue weighted by Gasteiger charge is 2.43. The summed E-state index contributed by atoms with van der Waals surface area (Å²) in [6.07, 6.45) is -1.11. The van der Waals surface area contributed by atoms with Crippen LogP contribution in [0.15, 0.2) is 18.2 Å². The molecule has 0 radical (unpaired) electrons. The predicted octanol–water partition coefficient (Wildman–Crippen LogP) is 4.48. The summed E-state index contributed by atoms with van der Waals surface area (Å²) in [5.41, 5.74) is -2.25. The van der Waals surface area contributed by atoms with E-state index in [9.17, 15) is 22.0 Å². The van der Waals surface area contributed by atoms with E-state index in [0.717, 1.165) is 70.7 Å². The van der Waals surface area contributed by atoms with Gasteiger partial charge in [-0.2, -0.15) is 13.2 Å². The number of halogens is 5. The van der Waals surface area contributed by atoms with Gasteiger partial charge in [-0.1, -0.05) is 0 Å². The summed E-state index contributed by atoms with van der Waals surface area (Å²) >= 11 is 0.